The molecular formula is C30H21Cl3F6O6. The Kier molecular flexibility index (Phi) is 16.5. The number of hydrogen-bond acceptors (Lipinski definition) is 6. The molecule has 4 aromatic rings. The third kappa shape index (κ3) is 14.8. The Hall–Kier alpha value is -4.26. The van der Waals surface area contributed by atoms with Crippen molar-refractivity contribution in [1.29, 1.82) is 0 Å². The summed E-state index contributed by atoms with van der Waals surface area (Å²) in [5, 5.41) is -0.503. The summed E-state index contributed by atoms with van der Waals surface area (Å²) in [4.78, 5) is 31.3. The normalized spacial score (nSPS) is 9.60. The Bertz CT molecular complexity index is 1600. The van der Waals surface area contributed by atoms with Crippen LogP contribution >= 0.6 is 34.8 Å². The largest absolute Gasteiger partial charge is 0.427 e. The number of carbonyl (C=O) groups is 3. The second-order valence-electron chi connectivity index (χ2n) is 8.02. The maximum absolute atomic E-state index is 12.9. The van der Waals surface area contributed by atoms with Crippen LogP contribution in [-0.2, 0) is 14.4 Å². The van der Waals surface area contributed by atoms with Crippen LogP contribution in [0.1, 0.15) is 20.8 Å². The van der Waals surface area contributed by atoms with E-state index in [-0.39, 0.29) is 21.6 Å². The van der Waals surface area contributed by atoms with Gasteiger partial charge >= 0.3 is 17.9 Å². The highest BCUT2D eigenvalue weighted by Gasteiger charge is 2.15. The van der Waals surface area contributed by atoms with Crippen molar-refractivity contribution in [3.8, 4) is 17.2 Å². The first-order chi connectivity index (χ1) is 21.0. The number of halogens is 9. The minimum atomic E-state index is -0.874. The molecule has 0 aliphatic rings. The van der Waals surface area contributed by atoms with Gasteiger partial charge in [-0.2, -0.15) is 0 Å². The van der Waals surface area contributed by atoms with Crippen molar-refractivity contribution in [2.75, 3.05) is 0 Å². The topological polar surface area (TPSA) is 78.9 Å². The molecule has 0 aromatic heterocycles. The summed E-state index contributed by atoms with van der Waals surface area (Å²) >= 11 is 16.1. The number of benzene rings is 4. The molecule has 0 aliphatic carbocycles. The molecule has 0 fully saturated rings. The van der Waals surface area contributed by atoms with Gasteiger partial charge in [-0.1, -0.05) is 40.9 Å². The molecule has 0 saturated carbocycles. The van der Waals surface area contributed by atoms with E-state index in [9.17, 15) is 40.7 Å². The molecule has 0 spiro atoms. The van der Waals surface area contributed by atoms with Gasteiger partial charge < -0.3 is 14.2 Å². The standard InChI is InChI=1S/C8H5ClF2O2.C8H6ClFO2.C8H7FO2.C6H3ClF2/c1-4(12)13-8-6(11)3-2-5(10)7(8)9;1-5(11)12-8-6(9)3-2-4-7(8)10;1-6(10)11-8-4-2-7(9)3-5-8;7-5-2-1-4(8)3-6(5)9/h2-3H,1H3;2-4H,1H3;2-5H,1H3;1-3H. The molecule has 4 rings (SSSR count). The van der Waals surface area contributed by atoms with Crippen molar-refractivity contribution >= 4 is 52.7 Å². The monoisotopic (exact) mass is 696 g/mol. The third-order valence-corrected chi connectivity index (χ3v) is 5.33. The van der Waals surface area contributed by atoms with E-state index in [1.807, 2.05) is 0 Å². The summed E-state index contributed by atoms with van der Waals surface area (Å²) in [7, 11) is 0. The van der Waals surface area contributed by atoms with Gasteiger partial charge in [0.1, 0.15) is 34.0 Å². The average Bonchev–Trinajstić information content (AvgIpc) is 2.95. The molecule has 0 aliphatic heterocycles. The number of ether oxygens (including phenoxy) is 3. The highest BCUT2D eigenvalue weighted by molar-refractivity contribution is 6.32. The van der Waals surface area contributed by atoms with E-state index < -0.39 is 57.8 Å². The summed E-state index contributed by atoms with van der Waals surface area (Å²) in [6, 6.07) is 14.0. The smallest absolute Gasteiger partial charge is 0.308 e. The Balaban J connectivity index is 0.000000302. The first kappa shape index (κ1) is 38.8. The molecule has 0 saturated heterocycles. The van der Waals surface area contributed by atoms with Crippen molar-refractivity contribution in [2.24, 2.45) is 0 Å². The predicted octanol–water partition coefficient (Wildman–Crippen LogP) is 9.32. The Labute approximate surface area is 268 Å². The van der Waals surface area contributed by atoms with E-state index in [1.165, 1.54) is 62.4 Å². The van der Waals surface area contributed by atoms with Gasteiger partial charge in [0.2, 0.25) is 0 Å². The number of para-hydroxylation sites is 1. The Morgan fingerprint density at radius 1 is 0.511 bits per heavy atom. The van der Waals surface area contributed by atoms with Crippen molar-refractivity contribution in [2.45, 2.75) is 20.8 Å². The van der Waals surface area contributed by atoms with Crippen molar-refractivity contribution in [3.05, 3.63) is 123 Å². The van der Waals surface area contributed by atoms with E-state index in [1.54, 1.807) is 0 Å². The van der Waals surface area contributed by atoms with Crippen LogP contribution in [0.25, 0.3) is 0 Å². The quantitative estimate of drug-likeness (QED) is 0.0919. The zero-order valence-electron chi connectivity index (χ0n) is 23.3. The lowest BCUT2D eigenvalue weighted by atomic mass is 10.3. The first-order valence-corrected chi connectivity index (χ1v) is 13.1. The van der Waals surface area contributed by atoms with Crippen molar-refractivity contribution in [3.63, 3.8) is 0 Å². The molecule has 0 bridgehead atoms. The fraction of sp³-hybridized carbons (Fsp3) is 0.100. The number of esters is 3. The minimum absolute atomic E-state index is 0.0589. The van der Waals surface area contributed by atoms with E-state index >= 15 is 0 Å². The van der Waals surface area contributed by atoms with Gasteiger partial charge in [-0.3, -0.25) is 14.4 Å². The van der Waals surface area contributed by atoms with Gasteiger partial charge in [0.15, 0.2) is 23.1 Å². The zero-order chi connectivity index (χ0) is 34.3. The van der Waals surface area contributed by atoms with Gasteiger partial charge in [0.25, 0.3) is 0 Å². The highest BCUT2D eigenvalue weighted by Crippen LogP contribution is 2.30. The summed E-state index contributed by atoms with van der Waals surface area (Å²) in [6.07, 6.45) is 0. The van der Waals surface area contributed by atoms with Crippen LogP contribution in [0.3, 0.4) is 0 Å². The number of rotatable bonds is 3. The summed E-state index contributed by atoms with van der Waals surface area (Å²) < 4.78 is 88.5. The van der Waals surface area contributed by atoms with E-state index in [2.05, 4.69) is 14.2 Å². The third-order valence-electron chi connectivity index (χ3n) is 4.37. The second kappa shape index (κ2) is 19.2. The molecule has 15 heteroatoms. The SMILES string of the molecule is CC(=O)Oc1c(F)ccc(F)c1Cl.CC(=O)Oc1c(F)cccc1Cl.CC(=O)Oc1ccc(F)cc1.Fc1ccc(Cl)c(F)c1. The van der Waals surface area contributed by atoms with Gasteiger partial charge in [-0.05, 0) is 60.7 Å². The van der Waals surface area contributed by atoms with Gasteiger partial charge in [0.05, 0.1) is 10.0 Å². The van der Waals surface area contributed by atoms with Crippen LogP contribution in [0.5, 0.6) is 17.2 Å². The molecule has 0 heterocycles. The molecule has 45 heavy (non-hydrogen) atoms. The van der Waals surface area contributed by atoms with Gasteiger partial charge in [0, 0.05) is 26.8 Å². The van der Waals surface area contributed by atoms with Crippen LogP contribution in [-0.4, -0.2) is 17.9 Å². The molecule has 0 atom stereocenters. The fourth-order valence-corrected chi connectivity index (χ4v) is 3.12. The lowest BCUT2D eigenvalue weighted by molar-refractivity contribution is -0.133. The van der Waals surface area contributed by atoms with Crippen LogP contribution in [0, 0.1) is 34.9 Å². The van der Waals surface area contributed by atoms with Crippen molar-refractivity contribution < 1.29 is 54.9 Å². The molecule has 0 unspecified atom stereocenters. The fourth-order valence-electron chi connectivity index (χ4n) is 2.61. The highest BCUT2D eigenvalue weighted by atomic mass is 35.5. The van der Waals surface area contributed by atoms with E-state index in [0.29, 0.717) is 5.75 Å². The summed E-state index contributed by atoms with van der Waals surface area (Å²) in [6.45, 7) is 3.55. The van der Waals surface area contributed by atoms with Gasteiger partial charge in [-0.25, -0.2) is 26.3 Å². The summed E-state index contributed by atoms with van der Waals surface area (Å²) in [5.74, 6) is -6.22. The lowest BCUT2D eigenvalue weighted by Gasteiger charge is -2.04. The van der Waals surface area contributed by atoms with Crippen molar-refractivity contribution in [1.82, 2.24) is 0 Å². The molecule has 6 nitrogen and oxygen atoms in total. The molecule has 240 valence electrons. The molecular weight excluding hydrogens is 677 g/mol. The van der Waals surface area contributed by atoms with E-state index in [0.717, 1.165) is 31.2 Å². The predicted molar refractivity (Wildman–Crippen MR) is 154 cm³/mol. The van der Waals surface area contributed by atoms with Crippen LogP contribution in [0.15, 0.2) is 72.8 Å². The molecule has 0 radical (unpaired) electrons. The molecule has 0 N–H and O–H groups in total. The Morgan fingerprint density at radius 3 is 1.49 bits per heavy atom. The van der Waals surface area contributed by atoms with Crippen LogP contribution in [0.2, 0.25) is 15.1 Å². The van der Waals surface area contributed by atoms with Gasteiger partial charge in [-0.15, -0.1) is 0 Å². The maximum atomic E-state index is 12.9. The first-order valence-electron chi connectivity index (χ1n) is 12.0. The van der Waals surface area contributed by atoms with E-state index in [4.69, 9.17) is 34.8 Å². The lowest BCUT2D eigenvalue weighted by Crippen LogP contribution is -2.04. The maximum Gasteiger partial charge on any atom is 0.308 e. The van der Waals surface area contributed by atoms with Crippen LogP contribution in [0.4, 0.5) is 26.3 Å². The minimum Gasteiger partial charge on any atom is -0.427 e. The Morgan fingerprint density at radius 2 is 1.00 bits per heavy atom. The molecule has 0 amide bonds. The number of hydrogen-bond donors (Lipinski definition) is 0. The average molecular weight is 698 g/mol. The second-order valence-corrected chi connectivity index (χ2v) is 9.21. The molecule has 4 aromatic carbocycles. The zero-order valence-corrected chi connectivity index (χ0v) is 25.5. The number of carbonyl (C=O) groups excluding carboxylic acids is 3. The summed E-state index contributed by atoms with van der Waals surface area (Å²) in [5.41, 5.74) is 0. The van der Waals surface area contributed by atoms with Crippen LogP contribution < -0.4 is 14.2 Å².